The molecule has 0 bridgehead atoms. The number of nitrogens with one attached hydrogen (secondary N) is 1. The summed E-state index contributed by atoms with van der Waals surface area (Å²) in [5.74, 6) is 1.03. The number of methoxy groups -OCH3 is 1. The molecule has 0 spiro atoms. The molecule has 2 fully saturated rings. The Morgan fingerprint density at radius 1 is 1.21 bits per heavy atom. The maximum atomic E-state index is 12.1. The maximum absolute atomic E-state index is 12.1. The topological polar surface area (TPSA) is 44.8 Å². The molecule has 0 aromatic heterocycles. The van der Waals surface area contributed by atoms with Crippen molar-refractivity contribution in [3.8, 4) is 0 Å². The van der Waals surface area contributed by atoms with Crippen molar-refractivity contribution < 1.29 is 9.53 Å². The molecule has 0 atom stereocenters. The lowest BCUT2D eigenvalue weighted by molar-refractivity contribution is -0.132. The first kappa shape index (κ1) is 14.8. The van der Waals surface area contributed by atoms with Gasteiger partial charge < -0.3 is 19.9 Å². The van der Waals surface area contributed by atoms with Gasteiger partial charge >= 0.3 is 0 Å². The summed E-state index contributed by atoms with van der Waals surface area (Å²) in [7, 11) is 1.78. The van der Waals surface area contributed by atoms with Crippen molar-refractivity contribution >= 4 is 5.91 Å². The quantitative estimate of drug-likeness (QED) is 0.772. The van der Waals surface area contributed by atoms with Gasteiger partial charge in [0.25, 0.3) is 0 Å². The van der Waals surface area contributed by atoms with Crippen LogP contribution in [0, 0.1) is 5.92 Å². The van der Waals surface area contributed by atoms with Crippen molar-refractivity contribution in [1.29, 1.82) is 0 Å². The summed E-state index contributed by atoms with van der Waals surface area (Å²) in [6.07, 6.45) is 3.08. The number of carbonyl (C=O) groups is 1. The van der Waals surface area contributed by atoms with Crippen LogP contribution in [0.3, 0.4) is 0 Å². The molecule has 2 aliphatic rings. The van der Waals surface area contributed by atoms with Crippen LogP contribution in [0.2, 0.25) is 0 Å². The standard InChI is InChI=1S/C14H27N3O2/c1-19-12-13-2-7-16(8-3-13)9-4-14(18)17-10-5-15-6-11-17/h13,15H,2-12H2,1H3. The summed E-state index contributed by atoms with van der Waals surface area (Å²) in [4.78, 5) is 16.5. The molecule has 19 heavy (non-hydrogen) atoms. The van der Waals surface area contributed by atoms with Crippen LogP contribution in [0.5, 0.6) is 0 Å². The van der Waals surface area contributed by atoms with Gasteiger partial charge in [0.1, 0.15) is 0 Å². The molecule has 110 valence electrons. The molecular formula is C14H27N3O2. The normalized spacial score (nSPS) is 22.7. The number of carbonyl (C=O) groups excluding carboxylic acids is 1. The van der Waals surface area contributed by atoms with Gasteiger partial charge in [-0.05, 0) is 31.8 Å². The van der Waals surface area contributed by atoms with E-state index in [4.69, 9.17) is 4.74 Å². The number of nitrogens with zero attached hydrogens (tertiary/aromatic N) is 2. The number of ether oxygens (including phenoxy) is 1. The zero-order chi connectivity index (χ0) is 13.5. The summed E-state index contributed by atoms with van der Waals surface area (Å²) < 4.78 is 5.21. The Kier molecular flexibility index (Phi) is 6.07. The molecule has 0 aliphatic carbocycles. The Labute approximate surface area is 116 Å². The van der Waals surface area contributed by atoms with Crippen molar-refractivity contribution in [2.45, 2.75) is 19.3 Å². The first-order valence-electron chi connectivity index (χ1n) is 7.49. The van der Waals surface area contributed by atoms with E-state index in [2.05, 4.69) is 10.2 Å². The molecule has 2 saturated heterocycles. The van der Waals surface area contributed by atoms with Crippen LogP contribution in [-0.4, -0.2) is 75.2 Å². The van der Waals surface area contributed by atoms with E-state index in [1.165, 1.54) is 12.8 Å². The van der Waals surface area contributed by atoms with Crippen LogP contribution in [0.15, 0.2) is 0 Å². The number of piperazine rings is 1. The number of likely N-dealkylation sites (tertiary alicyclic amines) is 1. The molecule has 1 amide bonds. The predicted molar refractivity (Wildman–Crippen MR) is 75.1 cm³/mol. The van der Waals surface area contributed by atoms with Crippen molar-refractivity contribution in [3.05, 3.63) is 0 Å². The van der Waals surface area contributed by atoms with Gasteiger partial charge in [-0.3, -0.25) is 4.79 Å². The van der Waals surface area contributed by atoms with Crippen LogP contribution < -0.4 is 5.32 Å². The van der Waals surface area contributed by atoms with E-state index in [9.17, 15) is 4.79 Å². The SMILES string of the molecule is COCC1CCN(CCC(=O)N2CCNCC2)CC1. The van der Waals surface area contributed by atoms with Crippen molar-refractivity contribution in [3.63, 3.8) is 0 Å². The second kappa shape index (κ2) is 7.82. The lowest BCUT2D eigenvalue weighted by Crippen LogP contribution is -2.47. The summed E-state index contributed by atoms with van der Waals surface area (Å²) in [5.41, 5.74) is 0. The van der Waals surface area contributed by atoms with E-state index in [-0.39, 0.29) is 0 Å². The van der Waals surface area contributed by atoms with Crippen LogP contribution in [0.25, 0.3) is 0 Å². The van der Waals surface area contributed by atoms with Gasteiger partial charge in [-0.25, -0.2) is 0 Å². The Morgan fingerprint density at radius 2 is 1.89 bits per heavy atom. The minimum Gasteiger partial charge on any atom is -0.384 e. The molecule has 2 rings (SSSR count). The number of hydrogen-bond acceptors (Lipinski definition) is 4. The number of rotatable bonds is 5. The fourth-order valence-electron chi connectivity index (χ4n) is 2.94. The fourth-order valence-corrected chi connectivity index (χ4v) is 2.94. The van der Waals surface area contributed by atoms with E-state index in [1.54, 1.807) is 7.11 Å². The Morgan fingerprint density at radius 3 is 2.53 bits per heavy atom. The maximum Gasteiger partial charge on any atom is 0.223 e. The van der Waals surface area contributed by atoms with Crippen molar-refractivity contribution in [1.82, 2.24) is 15.1 Å². The van der Waals surface area contributed by atoms with Gasteiger partial charge in [0.2, 0.25) is 5.91 Å². The molecule has 5 heteroatoms. The largest absolute Gasteiger partial charge is 0.384 e. The summed E-state index contributed by atoms with van der Waals surface area (Å²) in [6.45, 7) is 7.65. The fraction of sp³-hybridized carbons (Fsp3) is 0.929. The molecule has 2 aliphatic heterocycles. The number of piperidine rings is 1. The second-order valence-corrected chi connectivity index (χ2v) is 5.62. The zero-order valence-corrected chi connectivity index (χ0v) is 12.1. The number of hydrogen-bond donors (Lipinski definition) is 1. The monoisotopic (exact) mass is 269 g/mol. The first-order chi connectivity index (χ1) is 9.29. The Bertz CT molecular complexity index is 272. The van der Waals surface area contributed by atoms with Gasteiger partial charge in [-0.1, -0.05) is 0 Å². The zero-order valence-electron chi connectivity index (χ0n) is 12.1. The van der Waals surface area contributed by atoms with E-state index in [1.807, 2.05) is 4.90 Å². The lowest BCUT2D eigenvalue weighted by Gasteiger charge is -2.32. The summed E-state index contributed by atoms with van der Waals surface area (Å²) in [5, 5.41) is 3.28. The van der Waals surface area contributed by atoms with Crippen LogP contribution in [0.4, 0.5) is 0 Å². The lowest BCUT2D eigenvalue weighted by atomic mass is 9.98. The van der Waals surface area contributed by atoms with Crippen LogP contribution >= 0.6 is 0 Å². The molecule has 0 aromatic carbocycles. The smallest absolute Gasteiger partial charge is 0.223 e. The number of amides is 1. The molecule has 0 aromatic rings. The average molecular weight is 269 g/mol. The highest BCUT2D eigenvalue weighted by molar-refractivity contribution is 5.76. The molecular weight excluding hydrogens is 242 g/mol. The van der Waals surface area contributed by atoms with Gasteiger partial charge in [0.05, 0.1) is 0 Å². The average Bonchev–Trinajstić information content (AvgIpc) is 2.47. The highest BCUT2D eigenvalue weighted by atomic mass is 16.5. The first-order valence-corrected chi connectivity index (χ1v) is 7.49. The van der Waals surface area contributed by atoms with E-state index in [0.717, 1.165) is 52.4 Å². The molecule has 1 N–H and O–H groups in total. The Hall–Kier alpha value is -0.650. The van der Waals surface area contributed by atoms with Crippen molar-refractivity contribution in [2.75, 3.05) is 59.5 Å². The molecule has 0 unspecified atom stereocenters. The van der Waals surface area contributed by atoms with Crippen LogP contribution in [0.1, 0.15) is 19.3 Å². The molecule has 0 saturated carbocycles. The minimum absolute atomic E-state index is 0.320. The van der Waals surface area contributed by atoms with Crippen molar-refractivity contribution in [2.24, 2.45) is 5.92 Å². The van der Waals surface area contributed by atoms with Gasteiger partial charge in [0, 0.05) is 52.9 Å². The second-order valence-electron chi connectivity index (χ2n) is 5.62. The third kappa shape index (κ3) is 4.75. The van der Waals surface area contributed by atoms with Gasteiger partial charge in [0.15, 0.2) is 0 Å². The third-order valence-electron chi connectivity index (χ3n) is 4.22. The summed E-state index contributed by atoms with van der Waals surface area (Å²) >= 11 is 0. The van der Waals surface area contributed by atoms with Gasteiger partial charge in [-0.15, -0.1) is 0 Å². The van der Waals surface area contributed by atoms with E-state index >= 15 is 0 Å². The van der Waals surface area contributed by atoms with E-state index in [0.29, 0.717) is 18.2 Å². The summed E-state index contributed by atoms with van der Waals surface area (Å²) in [6, 6.07) is 0. The highest BCUT2D eigenvalue weighted by Gasteiger charge is 2.21. The molecule has 0 radical (unpaired) electrons. The molecule has 2 heterocycles. The Balaban J connectivity index is 1.61. The molecule has 5 nitrogen and oxygen atoms in total. The van der Waals surface area contributed by atoms with Crippen LogP contribution in [-0.2, 0) is 9.53 Å². The van der Waals surface area contributed by atoms with Gasteiger partial charge in [-0.2, -0.15) is 0 Å². The third-order valence-corrected chi connectivity index (χ3v) is 4.22. The predicted octanol–water partition coefficient (Wildman–Crippen LogP) is 0.167. The minimum atomic E-state index is 0.320. The van der Waals surface area contributed by atoms with E-state index < -0.39 is 0 Å². The highest BCUT2D eigenvalue weighted by Crippen LogP contribution is 2.17.